The molecule has 0 aromatic heterocycles. The molecule has 2 aromatic carbocycles. The molecule has 1 unspecified atom stereocenters. The fraction of sp³-hybridized carbons (Fsp3) is 0.333. The summed E-state index contributed by atoms with van der Waals surface area (Å²) in [5.41, 5.74) is 1.15. The van der Waals surface area contributed by atoms with Crippen LogP contribution in [0.4, 0.5) is 0 Å². The van der Waals surface area contributed by atoms with Crippen LogP contribution < -0.4 is 0 Å². The smallest absolute Gasteiger partial charge is 0.338 e. The van der Waals surface area contributed by atoms with Crippen molar-refractivity contribution in [2.24, 2.45) is 0 Å². The minimum absolute atomic E-state index is 0.0321. The van der Waals surface area contributed by atoms with Gasteiger partial charge in [0.15, 0.2) is 16.4 Å². The fourth-order valence-corrected chi connectivity index (χ4v) is 6.01. The van der Waals surface area contributed by atoms with Gasteiger partial charge >= 0.3 is 5.97 Å². The number of hydrogen-bond acceptors (Lipinski definition) is 7. The molecule has 0 radical (unpaired) electrons. The number of imide groups is 1. The molecule has 4 rings (SSSR count). The normalized spacial score (nSPS) is 18.6. The number of ether oxygens (including phenoxy) is 1. The van der Waals surface area contributed by atoms with Gasteiger partial charge in [-0.25, -0.2) is 13.2 Å². The molecule has 34 heavy (non-hydrogen) atoms. The van der Waals surface area contributed by atoms with E-state index in [0.29, 0.717) is 13.0 Å². The van der Waals surface area contributed by atoms with Gasteiger partial charge in [-0.15, -0.1) is 0 Å². The van der Waals surface area contributed by atoms with Crippen molar-refractivity contribution in [1.82, 2.24) is 9.80 Å². The third-order valence-electron chi connectivity index (χ3n) is 6.03. The Morgan fingerprint density at radius 3 is 2.41 bits per heavy atom. The van der Waals surface area contributed by atoms with Gasteiger partial charge in [-0.3, -0.25) is 19.3 Å². The lowest BCUT2D eigenvalue weighted by atomic mass is 10.1. The summed E-state index contributed by atoms with van der Waals surface area (Å²) in [6.07, 6.45) is 0.357. The van der Waals surface area contributed by atoms with Crippen molar-refractivity contribution in [1.29, 1.82) is 0 Å². The molecule has 2 aliphatic rings. The standard InChI is InChI=1S/C24H24N2O7S/c1-2-25(18-10-11-34(31,32)15-18)21(27)14-33-24(30)17-8-9-19-20(12-17)23(29)26(22(19)28)13-16-6-4-3-5-7-16/h3-9,12,18H,2,10-11,13-15H2,1H3. The van der Waals surface area contributed by atoms with Crippen molar-refractivity contribution in [3.63, 3.8) is 0 Å². The summed E-state index contributed by atoms with van der Waals surface area (Å²) in [5.74, 6) is -2.31. The summed E-state index contributed by atoms with van der Waals surface area (Å²) >= 11 is 0. The Morgan fingerprint density at radius 2 is 1.76 bits per heavy atom. The van der Waals surface area contributed by atoms with E-state index in [0.717, 1.165) is 10.5 Å². The highest BCUT2D eigenvalue weighted by Gasteiger charge is 2.37. The van der Waals surface area contributed by atoms with Gasteiger partial charge in [0.25, 0.3) is 17.7 Å². The van der Waals surface area contributed by atoms with Crippen molar-refractivity contribution in [3.05, 3.63) is 70.8 Å². The van der Waals surface area contributed by atoms with E-state index < -0.39 is 46.2 Å². The summed E-state index contributed by atoms with van der Waals surface area (Å²) in [4.78, 5) is 53.1. The Kier molecular flexibility index (Phi) is 6.52. The van der Waals surface area contributed by atoms with Gasteiger partial charge in [-0.05, 0) is 37.1 Å². The highest BCUT2D eigenvalue weighted by molar-refractivity contribution is 7.91. The van der Waals surface area contributed by atoms with Gasteiger partial charge in [0.2, 0.25) is 0 Å². The van der Waals surface area contributed by atoms with E-state index in [9.17, 15) is 27.6 Å². The molecule has 2 heterocycles. The molecule has 0 saturated carbocycles. The minimum atomic E-state index is -3.16. The van der Waals surface area contributed by atoms with Gasteiger partial charge < -0.3 is 9.64 Å². The SMILES string of the molecule is CCN(C(=O)COC(=O)c1ccc2c(c1)C(=O)N(Cc1ccccc1)C2=O)C1CCS(=O)(=O)C1. The third kappa shape index (κ3) is 4.72. The molecular weight excluding hydrogens is 460 g/mol. The number of fused-ring (bicyclic) bond motifs is 1. The summed E-state index contributed by atoms with van der Waals surface area (Å²) < 4.78 is 28.6. The zero-order chi connectivity index (χ0) is 24.5. The lowest BCUT2D eigenvalue weighted by molar-refractivity contribution is -0.136. The van der Waals surface area contributed by atoms with Crippen LogP contribution >= 0.6 is 0 Å². The maximum atomic E-state index is 12.8. The Labute approximate surface area is 197 Å². The Balaban J connectivity index is 1.41. The number of likely N-dealkylation sites (N-methyl/N-ethyl adjacent to an activating group) is 1. The first-order valence-corrected chi connectivity index (χ1v) is 12.7. The quantitative estimate of drug-likeness (QED) is 0.433. The Hall–Kier alpha value is -3.53. The van der Waals surface area contributed by atoms with E-state index in [1.54, 1.807) is 6.92 Å². The Morgan fingerprint density at radius 1 is 1.06 bits per heavy atom. The summed E-state index contributed by atoms with van der Waals surface area (Å²) in [7, 11) is -3.16. The maximum Gasteiger partial charge on any atom is 0.338 e. The van der Waals surface area contributed by atoms with Crippen LogP contribution in [0.15, 0.2) is 48.5 Å². The second-order valence-electron chi connectivity index (χ2n) is 8.26. The number of carbonyl (C=O) groups is 4. The number of nitrogens with zero attached hydrogens (tertiary/aromatic N) is 2. The molecular formula is C24H24N2O7S. The molecule has 2 aromatic rings. The van der Waals surface area contributed by atoms with Crippen LogP contribution in [0.5, 0.6) is 0 Å². The van der Waals surface area contributed by atoms with E-state index >= 15 is 0 Å². The fourth-order valence-electron chi connectivity index (χ4n) is 4.28. The first kappa shape index (κ1) is 23.6. The number of sulfone groups is 1. The van der Waals surface area contributed by atoms with Crippen molar-refractivity contribution >= 4 is 33.5 Å². The van der Waals surface area contributed by atoms with Crippen LogP contribution in [0.25, 0.3) is 0 Å². The molecule has 0 bridgehead atoms. The predicted molar refractivity (Wildman–Crippen MR) is 122 cm³/mol. The number of amides is 3. The van der Waals surface area contributed by atoms with Crippen LogP contribution in [-0.2, 0) is 25.9 Å². The summed E-state index contributed by atoms with van der Waals surface area (Å²) in [6, 6.07) is 12.7. The van der Waals surface area contributed by atoms with Crippen molar-refractivity contribution in [2.75, 3.05) is 24.7 Å². The topological polar surface area (TPSA) is 118 Å². The van der Waals surface area contributed by atoms with E-state index in [1.165, 1.54) is 23.1 Å². The lowest BCUT2D eigenvalue weighted by Gasteiger charge is -2.26. The number of benzene rings is 2. The van der Waals surface area contributed by atoms with E-state index in [1.807, 2.05) is 30.3 Å². The van der Waals surface area contributed by atoms with E-state index in [-0.39, 0.29) is 34.7 Å². The van der Waals surface area contributed by atoms with Crippen LogP contribution in [0.1, 0.15) is 50.0 Å². The zero-order valence-corrected chi connectivity index (χ0v) is 19.4. The van der Waals surface area contributed by atoms with Gasteiger partial charge in [-0.1, -0.05) is 30.3 Å². The molecule has 178 valence electrons. The average Bonchev–Trinajstić information content (AvgIpc) is 3.30. The lowest BCUT2D eigenvalue weighted by Crippen LogP contribution is -2.43. The molecule has 1 atom stereocenters. The molecule has 2 aliphatic heterocycles. The highest BCUT2D eigenvalue weighted by atomic mass is 32.2. The number of hydrogen-bond donors (Lipinski definition) is 0. The van der Waals surface area contributed by atoms with Crippen molar-refractivity contribution < 1.29 is 32.3 Å². The van der Waals surface area contributed by atoms with Crippen LogP contribution in [0.3, 0.4) is 0 Å². The highest BCUT2D eigenvalue weighted by Crippen LogP contribution is 2.26. The monoisotopic (exact) mass is 484 g/mol. The second kappa shape index (κ2) is 9.38. The number of carbonyl (C=O) groups excluding carboxylic acids is 4. The number of rotatable bonds is 7. The largest absolute Gasteiger partial charge is 0.452 e. The van der Waals surface area contributed by atoms with Crippen molar-refractivity contribution in [2.45, 2.75) is 25.9 Å². The minimum Gasteiger partial charge on any atom is -0.452 e. The number of esters is 1. The summed E-state index contributed by atoms with van der Waals surface area (Å²) in [6.45, 7) is 1.59. The molecule has 9 nitrogen and oxygen atoms in total. The molecule has 1 fully saturated rings. The Bertz CT molecular complexity index is 1260. The molecule has 0 spiro atoms. The van der Waals surface area contributed by atoms with Gasteiger partial charge in [-0.2, -0.15) is 0 Å². The van der Waals surface area contributed by atoms with E-state index in [2.05, 4.69) is 0 Å². The van der Waals surface area contributed by atoms with Gasteiger partial charge in [0.05, 0.1) is 34.7 Å². The van der Waals surface area contributed by atoms with Crippen LogP contribution in [-0.4, -0.2) is 72.6 Å². The van der Waals surface area contributed by atoms with Crippen LogP contribution in [0.2, 0.25) is 0 Å². The third-order valence-corrected chi connectivity index (χ3v) is 7.78. The predicted octanol–water partition coefficient (Wildman–Crippen LogP) is 1.68. The van der Waals surface area contributed by atoms with Gasteiger partial charge in [0.1, 0.15) is 0 Å². The zero-order valence-electron chi connectivity index (χ0n) is 18.6. The molecule has 3 amide bonds. The van der Waals surface area contributed by atoms with E-state index in [4.69, 9.17) is 4.74 Å². The molecule has 0 N–H and O–H groups in total. The first-order valence-electron chi connectivity index (χ1n) is 10.9. The first-order chi connectivity index (χ1) is 16.2. The van der Waals surface area contributed by atoms with Gasteiger partial charge in [0, 0.05) is 12.6 Å². The maximum absolute atomic E-state index is 12.8. The van der Waals surface area contributed by atoms with Crippen LogP contribution in [0, 0.1) is 0 Å². The molecule has 1 saturated heterocycles. The molecule has 10 heteroatoms. The summed E-state index contributed by atoms with van der Waals surface area (Å²) in [5, 5.41) is 0. The second-order valence-corrected chi connectivity index (χ2v) is 10.5. The van der Waals surface area contributed by atoms with Crippen molar-refractivity contribution in [3.8, 4) is 0 Å². The average molecular weight is 485 g/mol. The molecule has 0 aliphatic carbocycles.